The van der Waals surface area contributed by atoms with E-state index in [1.807, 2.05) is 0 Å². The van der Waals surface area contributed by atoms with Crippen LogP contribution in [0, 0.1) is 6.92 Å². The van der Waals surface area contributed by atoms with Crippen molar-refractivity contribution in [1.29, 1.82) is 0 Å². The zero-order chi connectivity index (χ0) is 15.6. The minimum absolute atomic E-state index is 0.0262. The number of hydrogen-bond acceptors (Lipinski definition) is 2. The van der Waals surface area contributed by atoms with Crippen LogP contribution in [0.5, 0.6) is 11.5 Å². The fourth-order valence-corrected chi connectivity index (χ4v) is 2.28. The molecule has 0 aliphatic carbocycles. The summed E-state index contributed by atoms with van der Waals surface area (Å²) in [5.74, 6) is 0.475. The molecular weight excluding hydrogens is 349 g/mol. The van der Waals surface area contributed by atoms with E-state index in [1.165, 1.54) is 6.07 Å². The molecule has 0 N–H and O–H groups in total. The van der Waals surface area contributed by atoms with E-state index in [-0.39, 0.29) is 12.0 Å². The van der Waals surface area contributed by atoms with Gasteiger partial charge in [0.25, 0.3) is 0 Å². The molecule has 0 bridgehead atoms. The van der Waals surface area contributed by atoms with Crippen LogP contribution in [0.1, 0.15) is 21.5 Å². The number of carbonyl (C=O) groups excluding carboxylic acids is 1. The van der Waals surface area contributed by atoms with Crippen molar-refractivity contribution in [1.82, 2.24) is 0 Å². The van der Waals surface area contributed by atoms with Gasteiger partial charge in [0.15, 0.2) is 6.29 Å². The molecule has 2 aromatic rings. The van der Waals surface area contributed by atoms with Crippen molar-refractivity contribution >= 4 is 22.2 Å². The number of benzene rings is 2. The van der Waals surface area contributed by atoms with Crippen molar-refractivity contribution in [3.8, 4) is 11.5 Å². The maximum Gasteiger partial charge on any atom is 0.417 e. The van der Waals surface area contributed by atoms with Gasteiger partial charge >= 0.3 is 6.18 Å². The molecule has 0 aliphatic rings. The van der Waals surface area contributed by atoms with E-state index < -0.39 is 17.3 Å². The summed E-state index contributed by atoms with van der Waals surface area (Å²) in [7, 11) is 0. The van der Waals surface area contributed by atoms with Gasteiger partial charge in [0, 0.05) is 10.0 Å². The monoisotopic (exact) mass is 358 g/mol. The lowest BCUT2D eigenvalue weighted by molar-refractivity contribution is -0.137. The summed E-state index contributed by atoms with van der Waals surface area (Å²) in [4.78, 5) is 10.7. The van der Waals surface area contributed by atoms with Crippen LogP contribution >= 0.6 is 15.9 Å². The van der Waals surface area contributed by atoms with Gasteiger partial charge < -0.3 is 4.74 Å². The Morgan fingerprint density at radius 1 is 1.14 bits per heavy atom. The predicted octanol–water partition coefficient (Wildman–Crippen LogP) is 5.38. The van der Waals surface area contributed by atoms with Crippen LogP contribution < -0.4 is 4.74 Å². The van der Waals surface area contributed by atoms with E-state index in [1.54, 1.807) is 25.1 Å². The highest BCUT2D eigenvalue weighted by molar-refractivity contribution is 9.10. The number of aryl methyl sites for hydroxylation is 1. The molecule has 2 nitrogen and oxygen atoms in total. The highest BCUT2D eigenvalue weighted by Crippen LogP contribution is 2.35. The Morgan fingerprint density at radius 3 is 2.43 bits per heavy atom. The molecule has 0 saturated heterocycles. The van der Waals surface area contributed by atoms with Crippen molar-refractivity contribution < 1.29 is 22.7 Å². The molecule has 110 valence electrons. The summed E-state index contributed by atoms with van der Waals surface area (Å²) in [6.07, 6.45) is -4.43. The van der Waals surface area contributed by atoms with Gasteiger partial charge in [0.2, 0.25) is 0 Å². The van der Waals surface area contributed by atoms with Crippen LogP contribution in [0.3, 0.4) is 0 Å². The van der Waals surface area contributed by atoms with E-state index in [0.29, 0.717) is 5.75 Å². The number of ether oxygens (including phenoxy) is 1. The van der Waals surface area contributed by atoms with Crippen LogP contribution in [0.15, 0.2) is 40.9 Å². The summed E-state index contributed by atoms with van der Waals surface area (Å²) in [5, 5.41) is 0. The van der Waals surface area contributed by atoms with Crippen molar-refractivity contribution in [2.24, 2.45) is 0 Å². The first-order valence-corrected chi connectivity index (χ1v) is 6.71. The van der Waals surface area contributed by atoms with Crippen LogP contribution in [0.4, 0.5) is 13.2 Å². The van der Waals surface area contributed by atoms with Gasteiger partial charge in [0.1, 0.15) is 11.5 Å². The molecule has 21 heavy (non-hydrogen) atoms. The van der Waals surface area contributed by atoms with Crippen molar-refractivity contribution in [3.63, 3.8) is 0 Å². The van der Waals surface area contributed by atoms with Crippen LogP contribution in [-0.2, 0) is 6.18 Å². The number of rotatable bonds is 3. The SMILES string of the molecule is Cc1cc(Br)ccc1Oc1ccc(C=O)c(C(F)(F)F)c1. The third-order valence-corrected chi connectivity index (χ3v) is 3.32. The van der Waals surface area contributed by atoms with Crippen LogP contribution in [0.25, 0.3) is 0 Å². The summed E-state index contributed by atoms with van der Waals surface area (Å²) >= 11 is 3.30. The third-order valence-electron chi connectivity index (χ3n) is 2.82. The second-order valence-corrected chi connectivity index (χ2v) is 5.29. The summed E-state index contributed by atoms with van der Waals surface area (Å²) in [5.41, 5.74) is -0.649. The average molecular weight is 359 g/mol. The standard InChI is InChI=1S/C15H10BrF3O2/c1-9-6-11(16)3-5-14(9)21-12-4-2-10(8-20)13(7-12)15(17,18)19/h2-8H,1H3. The van der Waals surface area contributed by atoms with Gasteiger partial charge in [0.05, 0.1) is 5.56 Å². The number of aldehydes is 1. The van der Waals surface area contributed by atoms with Crippen LogP contribution in [0.2, 0.25) is 0 Å². The van der Waals surface area contributed by atoms with E-state index in [2.05, 4.69) is 15.9 Å². The highest BCUT2D eigenvalue weighted by Gasteiger charge is 2.33. The largest absolute Gasteiger partial charge is 0.457 e. The fourth-order valence-electron chi connectivity index (χ4n) is 1.80. The average Bonchev–Trinajstić information content (AvgIpc) is 2.41. The number of hydrogen-bond donors (Lipinski definition) is 0. The highest BCUT2D eigenvalue weighted by atomic mass is 79.9. The topological polar surface area (TPSA) is 26.3 Å². The molecule has 6 heteroatoms. The molecule has 0 unspecified atom stereocenters. The van der Waals surface area contributed by atoms with E-state index in [4.69, 9.17) is 4.74 Å². The second kappa shape index (κ2) is 5.89. The van der Waals surface area contributed by atoms with Crippen LogP contribution in [-0.4, -0.2) is 6.29 Å². The molecule has 0 aromatic heterocycles. The molecule has 0 heterocycles. The molecule has 0 saturated carbocycles. The molecule has 0 amide bonds. The third kappa shape index (κ3) is 3.64. The van der Waals surface area contributed by atoms with Gasteiger partial charge in [-0.15, -0.1) is 0 Å². The lowest BCUT2D eigenvalue weighted by Gasteiger charge is -2.13. The maximum atomic E-state index is 12.9. The first-order chi connectivity index (χ1) is 9.81. The number of carbonyl (C=O) groups is 1. The fraction of sp³-hybridized carbons (Fsp3) is 0.133. The molecule has 0 radical (unpaired) electrons. The molecule has 0 aliphatic heterocycles. The quantitative estimate of drug-likeness (QED) is 0.688. The lowest BCUT2D eigenvalue weighted by atomic mass is 10.1. The Labute approximate surface area is 127 Å². The van der Waals surface area contributed by atoms with Gasteiger partial charge in [-0.1, -0.05) is 15.9 Å². The normalized spacial score (nSPS) is 11.3. The van der Waals surface area contributed by atoms with Crippen molar-refractivity contribution in [2.45, 2.75) is 13.1 Å². The minimum Gasteiger partial charge on any atom is -0.457 e. The Balaban J connectivity index is 2.39. The first kappa shape index (κ1) is 15.6. The maximum absolute atomic E-state index is 12.9. The van der Waals surface area contributed by atoms with Gasteiger partial charge in [-0.3, -0.25) is 4.79 Å². The first-order valence-electron chi connectivity index (χ1n) is 5.91. The van der Waals surface area contributed by atoms with E-state index in [0.717, 1.165) is 22.2 Å². The molecule has 2 rings (SSSR count). The minimum atomic E-state index is -4.61. The Hall–Kier alpha value is -1.82. The van der Waals surface area contributed by atoms with Crippen molar-refractivity contribution in [3.05, 3.63) is 57.6 Å². The summed E-state index contributed by atoms with van der Waals surface area (Å²) in [6.45, 7) is 1.78. The molecule has 2 aromatic carbocycles. The van der Waals surface area contributed by atoms with Gasteiger partial charge in [-0.05, 0) is 48.9 Å². The molecule has 0 fully saturated rings. The zero-order valence-electron chi connectivity index (χ0n) is 10.9. The number of alkyl halides is 3. The molecular formula is C15H10BrF3O2. The number of halogens is 4. The molecule has 0 spiro atoms. The summed E-state index contributed by atoms with van der Waals surface area (Å²) in [6, 6.07) is 8.43. The second-order valence-electron chi connectivity index (χ2n) is 4.38. The smallest absolute Gasteiger partial charge is 0.417 e. The lowest BCUT2D eigenvalue weighted by Crippen LogP contribution is -2.09. The summed E-state index contributed by atoms with van der Waals surface area (Å²) < 4.78 is 44.9. The molecule has 0 atom stereocenters. The predicted molar refractivity (Wildman–Crippen MR) is 75.8 cm³/mol. The Kier molecular flexibility index (Phi) is 4.37. The zero-order valence-corrected chi connectivity index (χ0v) is 12.5. The Morgan fingerprint density at radius 2 is 1.86 bits per heavy atom. The van der Waals surface area contributed by atoms with Gasteiger partial charge in [-0.2, -0.15) is 13.2 Å². The van der Waals surface area contributed by atoms with Gasteiger partial charge in [-0.25, -0.2) is 0 Å². The Bertz CT molecular complexity index is 681. The van der Waals surface area contributed by atoms with E-state index >= 15 is 0 Å². The van der Waals surface area contributed by atoms with Crippen molar-refractivity contribution in [2.75, 3.05) is 0 Å². The van der Waals surface area contributed by atoms with E-state index in [9.17, 15) is 18.0 Å².